The number of ether oxygens (including phenoxy) is 1. The molecule has 0 radical (unpaired) electrons. The summed E-state index contributed by atoms with van der Waals surface area (Å²) in [6.45, 7) is 7.78. The fourth-order valence-electron chi connectivity index (χ4n) is 5.98. The van der Waals surface area contributed by atoms with Crippen molar-refractivity contribution < 1.29 is 19.1 Å². The Kier molecular flexibility index (Phi) is 5.97. The number of hydrogen-bond donors (Lipinski definition) is 1. The summed E-state index contributed by atoms with van der Waals surface area (Å²) in [6.07, 6.45) is 3.69. The van der Waals surface area contributed by atoms with Crippen LogP contribution in [0.15, 0.2) is 59.9 Å². The maximum atomic E-state index is 13.6. The summed E-state index contributed by atoms with van der Waals surface area (Å²) in [4.78, 5) is 41.0. The summed E-state index contributed by atoms with van der Waals surface area (Å²) in [5.74, 6) is 0.0585. The van der Waals surface area contributed by atoms with Gasteiger partial charge in [-0.15, -0.1) is 0 Å². The maximum Gasteiger partial charge on any atom is 0.259 e. The number of anilines is 1. The minimum Gasteiger partial charge on any atom is -0.492 e. The molecule has 1 fully saturated rings. The first-order valence-electron chi connectivity index (χ1n) is 13.3. The molecule has 0 aliphatic carbocycles. The first-order chi connectivity index (χ1) is 18.3. The quantitative estimate of drug-likeness (QED) is 0.529. The molecule has 1 aromatic heterocycles. The second-order valence-corrected chi connectivity index (χ2v) is 10.5. The summed E-state index contributed by atoms with van der Waals surface area (Å²) in [6, 6.07) is 14.3. The van der Waals surface area contributed by atoms with Gasteiger partial charge in [0.15, 0.2) is 0 Å². The molecule has 3 aliphatic rings. The third-order valence-electron chi connectivity index (χ3n) is 7.84. The van der Waals surface area contributed by atoms with Gasteiger partial charge in [-0.3, -0.25) is 19.3 Å². The SMILES string of the molecule is CC(=O)N1CC2=C(C1=O)[C@H](c1ccc(OCCN3CCCC3=O)cc1)c1cn(C(C)C)c3cccc(c13)N2. The van der Waals surface area contributed by atoms with Crippen LogP contribution in [0.5, 0.6) is 5.75 Å². The normalized spacial score (nSPS) is 18.9. The molecule has 3 aromatic rings. The molecular formula is C30H32N4O4. The number of benzene rings is 2. The Balaban J connectivity index is 1.38. The van der Waals surface area contributed by atoms with Gasteiger partial charge in [0.25, 0.3) is 5.91 Å². The number of amides is 3. The minimum atomic E-state index is -0.336. The molecule has 8 heteroatoms. The second kappa shape index (κ2) is 9.35. The highest BCUT2D eigenvalue weighted by Gasteiger charge is 2.41. The molecule has 8 nitrogen and oxygen atoms in total. The Labute approximate surface area is 221 Å². The topological polar surface area (TPSA) is 83.9 Å². The monoisotopic (exact) mass is 512 g/mol. The summed E-state index contributed by atoms with van der Waals surface area (Å²) in [5, 5.41) is 4.61. The third-order valence-corrected chi connectivity index (χ3v) is 7.84. The lowest BCUT2D eigenvalue weighted by molar-refractivity contribution is -0.139. The van der Waals surface area contributed by atoms with E-state index in [0.29, 0.717) is 25.1 Å². The number of hydrogen-bond acceptors (Lipinski definition) is 5. The number of nitrogens with one attached hydrogen (secondary N) is 1. The number of rotatable bonds is 6. The fraction of sp³-hybridized carbons (Fsp3) is 0.367. The van der Waals surface area contributed by atoms with Crippen LogP contribution in [0, 0.1) is 0 Å². The van der Waals surface area contributed by atoms with Gasteiger partial charge < -0.3 is 19.5 Å². The lowest BCUT2D eigenvalue weighted by Crippen LogP contribution is -2.33. The molecule has 3 aliphatic heterocycles. The largest absolute Gasteiger partial charge is 0.492 e. The number of carbonyl (C=O) groups is 3. The van der Waals surface area contributed by atoms with Gasteiger partial charge in [-0.1, -0.05) is 18.2 Å². The number of imide groups is 1. The average Bonchev–Trinajstić information content (AvgIpc) is 3.55. The minimum absolute atomic E-state index is 0.191. The highest BCUT2D eigenvalue weighted by atomic mass is 16.5. The Morgan fingerprint density at radius 1 is 1.13 bits per heavy atom. The van der Waals surface area contributed by atoms with Crippen molar-refractivity contribution in [1.82, 2.24) is 14.4 Å². The van der Waals surface area contributed by atoms with Crippen molar-refractivity contribution in [1.29, 1.82) is 0 Å². The number of carbonyl (C=O) groups excluding carboxylic acids is 3. The van der Waals surface area contributed by atoms with Crippen LogP contribution in [-0.4, -0.2) is 58.3 Å². The summed E-state index contributed by atoms with van der Waals surface area (Å²) in [5.41, 5.74) is 5.44. The van der Waals surface area contributed by atoms with Crippen molar-refractivity contribution in [3.63, 3.8) is 0 Å². The van der Waals surface area contributed by atoms with Gasteiger partial charge in [0.2, 0.25) is 11.8 Å². The van der Waals surface area contributed by atoms with Crippen molar-refractivity contribution in [3.8, 4) is 5.75 Å². The summed E-state index contributed by atoms with van der Waals surface area (Å²) >= 11 is 0. The van der Waals surface area contributed by atoms with E-state index in [4.69, 9.17) is 4.74 Å². The summed E-state index contributed by atoms with van der Waals surface area (Å²) in [7, 11) is 0. The van der Waals surface area contributed by atoms with Gasteiger partial charge in [0.05, 0.1) is 24.2 Å². The van der Waals surface area contributed by atoms with E-state index in [1.807, 2.05) is 41.3 Å². The molecule has 0 unspecified atom stereocenters. The first-order valence-corrected chi connectivity index (χ1v) is 13.3. The zero-order chi connectivity index (χ0) is 26.6. The van der Waals surface area contributed by atoms with E-state index in [1.54, 1.807) is 0 Å². The molecule has 38 heavy (non-hydrogen) atoms. The molecule has 0 saturated carbocycles. The van der Waals surface area contributed by atoms with Crippen molar-refractivity contribution in [2.45, 2.75) is 45.6 Å². The van der Waals surface area contributed by atoms with E-state index < -0.39 is 0 Å². The zero-order valence-electron chi connectivity index (χ0n) is 22.0. The van der Waals surface area contributed by atoms with E-state index in [-0.39, 0.29) is 36.2 Å². The lowest BCUT2D eigenvalue weighted by Gasteiger charge is -2.20. The van der Waals surface area contributed by atoms with Gasteiger partial charge >= 0.3 is 0 Å². The smallest absolute Gasteiger partial charge is 0.259 e. The highest BCUT2D eigenvalue weighted by Crippen LogP contribution is 2.47. The van der Waals surface area contributed by atoms with Crippen LogP contribution in [0.1, 0.15) is 56.7 Å². The van der Waals surface area contributed by atoms with Crippen LogP contribution in [0.25, 0.3) is 10.9 Å². The van der Waals surface area contributed by atoms with Crippen LogP contribution in [0.4, 0.5) is 5.69 Å². The van der Waals surface area contributed by atoms with E-state index in [2.05, 4.69) is 36.0 Å². The van der Waals surface area contributed by atoms with E-state index in [1.165, 1.54) is 11.8 Å². The molecular weight excluding hydrogens is 480 g/mol. The van der Waals surface area contributed by atoms with Crippen LogP contribution < -0.4 is 10.1 Å². The molecule has 196 valence electrons. The van der Waals surface area contributed by atoms with Crippen molar-refractivity contribution in [2.24, 2.45) is 0 Å². The highest BCUT2D eigenvalue weighted by molar-refractivity contribution is 6.11. The van der Waals surface area contributed by atoms with Gasteiger partial charge in [0.1, 0.15) is 12.4 Å². The van der Waals surface area contributed by atoms with Crippen molar-refractivity contribution in [3.05, 3.63) is 71.1 Å². The predicted molar refractivity (Wildman–Crippen MR) is 145 cm³/mol. The third kappa shape index (κ3) is 3.95. The molecule has 1 N–H and O–H groups in total. The van der Waals surface area contributed by atoms with E-state index >= 15 is 0 Å². The van der Waals surface area contributed by atoms with Gasteiger partial charge in [0, 0.05) is 54.8 Å². The summed E-state index contributed by atoms with van der Waals surface area (Å²) < 4.78 is 8.19. The number of likely N-dealkylation sites (tertiary alicyclic amines) is 1. The second-order valence-electron chi connectivity index (χ2n) is 10.5. The molecule has 6 rings (SSSR count). The fourth-order valence-corrected chi connectivity index (χ4v) is 5.98. The van der Waals surface area contributed by atoms with Crippen LogP contribution in [-0.2, 0) is 14.4 Å². The van der Waals surface area contributed by atoms with E-state index in [0.717, 1.165) is 52.1 Å². The lowest BCUT2D eigenvalue weighted by atomic mass is 9.84. The van der Waals surface area contributed by atoms with Crippen molar-refractivity contribution >= 4 is 34.3 Å². The number of nitrogens with zero attached hydrogens (tertiary/aromatic N) is 3. The molecule has 1 atom stereocenters. The standard InChI is InChI=1S/C30H32N4O4/c1-18(2)33-16-22-27(20-9-11-21(12-10-20)38-15-14-32-13-5-8-26(32)36)29-24(17-34(19(3)35)30(29)37)31-23-6-4-7-25(33)28(22)23/h4,6-7,9-12,16,18,27,31H,5,8,13-15,17H2,1-3H3/t27-/m1/s1. The molecule has 4 heterocycles. The van der Waals surface area contributed by atoms with Gasteiger partial charge in [-0.2, -0.15) is 0 Å². The zero-order valence-corrected chi connectivity index (χ0v) is 22.0. The molecule has 0 bridgehead atoms. The maximum absolute atomic E-state index is 13.6. The Morgan fingerprint density at radius 3 is 2.61 bits per heavy atom. The predicted octanol–water partition coefficient (Wildman–Crippen LogP) is 4.42. The van der Waals surface area contributed by atoms with Gasteiger partial charge in [-0.05, 0) is 55.7 Å². The van der Waals surface area contributed by atoms with E-state index in [9.17, 15) is 14.4 Å². The van der Waals surface area contributed by atoms with Crippen LogP contribution in [0.3, 0.4) is 0 Å². The molecule has 0 spiro atoms. The Hall–Kier alpha value is -4.07. The van der Waals surface area contributed by atoms with Crippen LogP contribution in [0.2, 0.25) is 0 Å². The molecule has 3 amide bonds. The average molecular weight is 513 g/mol. The first kappa shape index (κ1) is 24.3. The van der Waals surface area contributed by atoms with Crippen LogP contribution >= 0.6 is 0 Å². The number of aromatic nitrogens is 1. The Bertz CT molecular complexity index is 1480. The molecule has 2 aromatic carbocycles. The Morgan fingerprint density at radius 2 is 1.92 bits per heavy atom. The van der Waals surface area contributed by atoms with Crippen molar-refractivity contribution in [2.75, 3.05) is 31.6 Å². The van der Waals surface area contributed by atoms with Gasteiger partial charge in [-0.25, -0.2) is 0 Å². The molecule has 1 saturated heterocycles.